The summed E-state index contributed by atoms with van der Waals surface area (Å²) < 4.78 is 5.65. The molecule has 5 nitrogen and oxygen atoms in total. The number of carbonyl (C=O) groups is 3. The van der Waals surface area contributed by atoms with E-state index < -0.39 is 23.2 Å². The number of fused-ring (bicyclic) bond motifs is 1. The number of thioether (sulfide) groups is 1. The zero-order valence-electron chi connectivity index (χ0n) is 15.9. The Labute approximate surface area is 173 Å². The van der Waals surface area contributed by atoms with Gasteiger partial charge in [0.1, 0.15) is 0 Å². The van der Waals surface area contributed by atoms with Crippen molar-refractivity contribution in [3.63, 3.8) is 0 Å². The molecule has 0 saturated carbocycles. The molecule has 2 aromatic rings. The van der Waals surface area contributed by atoms with E-state index in [1.807, 2.05) is 48.9 Å². The molecule has 2 amide bonds. The molecule has 0 unspecified atom stereocenters. The van der Waals surface area contributed by atoms with Gasteiger partial charge in [0.15, 0.2) is 6.10 Å². The summed E-state index contributed by atoms with van der Waals surface area (Å²) in [4.78, 5) is 40.6. The molecule has 1 aromatic carbocycles. The number of imide groups is 1. The van der Waals surface area contributed by atoms with E-state index in [2.05, 4.69) is 0 Å². The quantitative estimate of drug-likeness (QED) is 0.621. The van der Waals surface area contributed by atoms with Gasteiger partial charge in [0.25, 0.3) is 5.91 Å². The van der Waals surface area contributed by atoms with Crippen LogP contribution in [0, 0.1) is 0 Å². The van der Waals surface area contributed by atoms with E-state index in [-0.39, 0.29) is 18.7 Å². The number of para-hydroxylation sites is 1. The van der Waals surface area contributed by atoms with Crippen LogP contribution in [-0.2, 0) is 19.1 Å². The monoisotopic (exact) mass is 417 g/mol. The summed E-state index contributed by atoms with van der Waals surface area (Å²) in [6.07, 6.45) is 0.706. The maximum Gasteiger partial charge on any atom is 0.306 e. The second-order valence-electron chi connectivity index (χ2n) is 6.54. The number of hydrogen-bond acceptors (Lipinski definition) is 6. The van der Waals surface area contributed by atoms with Crippen molar-refractivity contribution in [2.24, 2.45) is 0 Å². The number of nitrogens with zero attached hydrogens (tertiary/aromatic N) is 1. The predicted molar refractivity (Wildman–Crippen MR) is 112 cm³/mol. The number of thiophene rings is 1. The van der Waals surface area contributed by atoms with Crippen LogP contribution in [0.2, 0.25) is 0 Å². The summed E-state index contributed by atoms with van der Waals surface area (Å²) in [5, 5.41) is 3.49. The zero-order chi connectivity index (χ0) is 20.1. The molecule has 0 bridgehead atoms. The number of amides is 2. The van der Waals surface area contributed by atoms with Gasteiger partial charge in [-0.3, -0.25) is 14.4 Å². The van der Waals surface area contributed by atoms with Crippen LogP contribution in [0.3, 0.4) is 0 Å². The van der Waals surface area contributed by atoms with Crippen LogP contribution in [0.4, 0.5) is 5.69 Å². The normalized spacial score (nSPS) is 19.1. The Morgan fingerprint density at radius 1 is 1.11 bits per heavy atom. The maximum atomic E-state index is 13.5. The molecule has 148 valence electrons. The second-order valence-corrected chi connectivity index (χ2v) is 8.50. The lowest BCUT2D eigenvalue weighted by molar-refractivity contribution is -0.155. The van der Waals surface area contributed by atoms with Crippen molar-refractivity contribution in [1.82, 2.24) is 0 Å². The van der Waals surface area contributed by atoms with E-state index in [1.165, 1.54) is 28.0 Å². The van der Waals surface area contributed by atoms with Gasteiger partial charge in [-0.15, -0.1) is 11.8 Å². The molecule has 2 atom stereocenters. The van der Waals surface area contributed by atoms with E-state index in [0.29, 0.717) is 18.5 Å². The molecule has 7 heteroatoms. The van der Waals surface area contributed by atoms with Crippen LogP contribution < -0.4 is 4.90 Å². The van der Waals surface area contributed by atoms with Gasteiger partial charge in [-0.1, -0.05) is 26.0 Å². The minimum Gasteiger partial charge on any atom is -0.451 e. The van der Waals surface area contributed by atoms with Gasteiger partial charge in [-0.2, -0.15) is 11.3 Å². The molecule has 0 radical (unpaired) electrons. The Morgan fingerprint density at radius 3 is 2.54 bits per heavy atom. The van der Waals surface area contributed by atoms with E-state index in [9.17, 15) is 14.4 Å². The van der Waals surface area contributed by atoms with E-state index in [0.717, 1.165) is 10.5 Å². The highest BCUT2D eigenvalue weighted by Crippen LogP contribution is 2.47. The van der Waals surface area contributed by atoms with Crippen LogP contribution in [0.1, 0.15) is 50.3 Å². The number of anilines is 1. The standard InChI is InChI=1S/C21H23NO4S2/c1-3-7-17(23)22-15-9-5-6-10-16(15)28-20(14-11-12-27-13-14)19(21(22)25)26-18(24)8-4-2/h5-6,9-13,19-20H,3-4,7-8H2,1-2H3/t19-,20+/m1/s1. The van der Waals surface area contributed by atoms with Crippen molar-refractivity contribution in [2.75, 3.05) is 4.90 Å². The van der Waals surface area contributed by atoms with Gasteiger partial charge >= 0.3 is 5.97 Å². The summed E-state index contributed by atoms with van der Waals surface area (Å²) in [6.45, 7) is 3.78. The number of benzene rings is 1. The Hall–Kier alpha value is -2.12. The van der Waals surface area contributed by atoms with Crippen molar-refractivity contribution in [3.8, 4) is 0 Å². The van der Waals surface area contributed by atoms with Crippen LogP contribution in [0.5, 0.6) is 0 Å². The number of ether oxygens (including phenoxy) is 1. The molecule has 0 fully saturated rings. The van der Waals surface area contributed by atoms with E-state index in [4.69, 9.17) is 4.74 Å². The van der Waals surface area contributed by atoms with E-state index >= 15 is 0 Å². The summed E-state index contributed by atoms with van der Waals surface area (Å²) >= 11 is 2.98. The fourth-order valence-electron chi connectivity index (χ4n) is 3.10. The second kappa shape index (κ2) is 9.39. The third-order valence-electron chi connectivity index (χ3n) is 4.40. The molecule has 0 spiro atoms. The first-order valence-electron chi connectivity index (χ1n) is 9.40. The van der Waals surface area contributed by atoms with Gasteiger partial charge in [0.05, 0.1) is 10.9 Å². The van der Waals surface area contributed by atoms with E-state index in [1.54, 1.807) is 6.07 Å². The van der Waals surface area contributed by atoms with Crippen molar-refractivity contribution in [1.29, 1.82) is 0 Å². The number of hydrogen-bond donors (Lipinski definition) is 0. The highest BCUT2D eigenvalue weighted by atomic mass is 32.2. The molecule has 28 heavy (non-hydrogen) atoms. The summed E-state index contributed by atoms with van der Waals surface area (Å²) in [6, 6.07) is 9.29. The largest absolute Gasteiger partial charge is 0.451 e. The molecule has 2 heterocycles. The number of rotatable bonds is 6. The maximum absolute atomic E-state index is 13.5. The molecule has 0 N–H and O–H groups in total. The number of esters is 1. The lowest BCUT2D eigenvalue weighted by Crippen LogP contribution is -2.46. The van der Waals surface area contributed by atoms with Gasteiger partial charge in [0, 0.05) is 17.7 Å². The fraction of sp³-hybridized carbons (Fsp3) is 0.381. The molecule has 3 rings (SSSR count). The topological polar surface area (TPSA) is 63.7 Å². The molecule has 0 aliphatic carbocycles. The first-order valence-corrected chi connectivity index (χ1v) is 11.2. The Balaban J connectivity index is 2.08. The van der Waals surface area contributed by atoms with Crippen molar-refractivity contribution < 1.29 is 19.1 Å². The third-order valence-corrected chi connectivity index (χ3v) is 6.47. The first kappa shape index (κ1) is 20.6. The smallest absolute Gasteiger partial charge is 0.306 e. The van der Waals surface area contributed by atoms with Crippen LogP contribution in [-0.4, -0.2) is 23.9 Å². The van der Waals surface area contributed by atoms with Crippen LogP contribution >= 0.6 is 23.1 Å². The molecule has 1 aliphatic rings. The SMILES string of the molecule is CCCC(=O)O[C@H]1C(=O)N(C(=O)CCC)c2ccccc2S[C@H]1c1ccsc1. The zero-order valence-corrected chi connectivity index (χ0v) is 17.6. The predicted octanol–water partition coefficient (Wildman–Crippen LogP) is 4.97. The lowest BCUT2D eigenvalue weighted by atomic mass is 10.1. The summed E-state index contributed by atoms with van der Waals surface area (Å²) in [5.41, 5.74) is 1.47. The van der Waals surface area contributed by atoms with Crippen molar-refractivity contribution in [3.05, 3.63) is 46.7 Å². The van der Waals surface area contributed by atoms with Gasteiger partial charge in [-0.05, 0) is 47.4 Å². The van der Waals surface area contributed by atoms with Crippen LogP contribution in [0.15, 0.2) is 46.0 Å². The van der Waals surface area contributed by atoms with Crippen LogP contribution in [0.25, 0.3) is 0 Å². The average Bonchev–Trinajstić information content (AvgIpc) is 3.17. The van der Waals surface area contributed by atoms with Gasteiger partial charge < -0.3 is 4.74 Å². The molecule has 0 saturated heterocycles. The molecular weight excluding hydrogens is 394 g/mol. The Kier molecular flexibility index (Phi) is 6.91. The molecule has 1 aromatic heterocycles. The number of carbonyl (C=O) groups excluding carboxylic acids is 3. The Morgan fingerprint density at radius 2 is 1.86 bits per heavy atom. The minimum absolute atomic E-state index is 0.237. The molecular formula is C21H23NO4S2. The lowest BCUT2D eigenvalue weighted by Gasteiger charge is -2.26. The third kappa shape index (κ3) is 4.31. The van der Waals surface area contributed by atoms with Crippen molar-refractivity contribution in [2.45, 2.75) is 55.8 Å². The Bertz CT molecular complexity index is 850. The van der Waals surface area contributed by atoms with Gasteiger partial charge in [0.2, 0.25) is 5.91 Å². The van der Waals surface area contributed by atoms with Crippen molar-refractivity contribution >= 4 is 46.6 Å². The highest BCUT2D eigenvalue weighted by Gasteiger charge is 2.43. The summed E-state index contributed by atoms with van der Waals surface area (Å²) in [7, 11) is 0. The average molecular weight is 418 g/mol. The fourth-order valence-corrected chi connectivity index (χ4v) is 5.17. The highest BCUT2D eigenvalue weighted by molar-refractivity contribution is 7.99. The first-order chi connectivity index (χ1) is 13.6. The molecule has 1 aliphatic heterocycles. The minimum atomic E-state index is -1.05. The van der Waals surface area contributed by atoms with Gasteiger partial charge in [-0.25, -0.2) is 4.90 Å². The summed E-state index contributed by atoms with van der Waals surface area (Å²) in [5.74, 6) is -1.17.